The zero-order valence-corrected chi connectivity index (χ0v) is 19.7. The van der Waals surface area contributed by atoms with Crippen molar-refractivity contribution in [2.75, 3.05) is 13.8 Å². The summed E-state index contributed by atoms with van der Waals surface area (Å²) >= 11 is 0. The molecule has 1 saturated heterocycles. The highest BCUT2D eigenvalue weighted by Crippen LogP contribution is 2.40. The normalized spacial score (nSPS) is 21.7. The Hall–Kier alpha value is -2.62. The van der Waals surface area contributed by atoms with Gasteiger partial charge in [-0.25, -0.2) is 10.3 Å². The first-order valence-electron chi connectivity index (χ1n) is 11.1. The molecule has 33 heavy (non-hydrogen) atoms. The van der Waals surface area contributed by atoms with Crippen LogP contribution < -0.4 is 5.90 Å². The fourth-order valence-corrected chi connectivity index (χ4v) is 4.29. The van der Waals surface area contributed by atoms with E-state index in [1.165, 1.54) is 18.4 Å². The number of amides is 1. The van der Waals surface area contributed by atoms with E-state index in [2.05, 4.69) is 18.8 Å². The number of benzene rings is 1. The molecule has 0 radical (unpaired) electrons. The van der Waals surface area contributed by atoms with Crippen molar-refractivity contribution < 1.29 is 28.7 Å². The van der Waals surface area contributed by atoms with Crippen LogP contribution in [0.15, 0.2) is 36.5 Å². The summed E-state index contributed by atoms with van der Waals surface area (Å²) in [6.07, 6.45) is 2.16. The molecule has 182 valence electrons. The van der Waals surface area contributed by atoms with E-state index in [1.807, 2.05) is 30.3 Å². The lowest BCUT2D eigenvalue weighted by Gasteiger charge is -2.56. The molecule has 9 heteroatoms. The largest absolute Gasteiger partial charge is 0.481 e. The van der Waals surface area contributed by atoms with Gasteiger partial charge in [-0.15, -0.1) is 0 Å². The Morgan fingerprint density at radius 1 is 1.33 bits per heavy atom. The van der Waals surface area contributed by atoms with Gasteiger partial charge in [0, 0.05) is 24.4 Å². The Labute approximate surface area is 193 Å². The molecule has 3 rings (SSSR count). The predicted octanol–water partition coefficient (Wildman–Crippen LogP) is 3.27. The second-order valence-corrected chi connectivity index (χ2v) is 8.18. The molecule has 2 aromatic rings. The van der Waals surface area contributed by atoms with Crippen LogP contribution in [0.4, 0.5) is 4.39 Å². The van der Waals surface area contributed by atoms with Gasteiger partial charge >= 0.3 is 5.97 Å². The van der Waals surface area contributed by atoms with Crippen molar-refractivity contribution in [3.63, 3.8) is 0 Å². The van der Waals surface area contributed by atoms with Gasteiger partial charge in [0.1, 0.15) is 12.8 Å². The minimum Gasteiger partial charge on any atom is -0.481 e. The van der Waals surface area contributed by atoms with Crippen molar-refractivity contribution in [1.29, 1.82) is 0 Å². The van der Waals surface area contributed by atoms with E-state index in [-0.39, 0.29) is 6.42 Å². The maximum absolute atomic E-state index is 13.4. The first-order chi connectivity index (χ1) is 15.8. The highest BCUT2D eigenvalue weighted by molar-refractivity contribution is 5.94. The number of fused-ring (bicyclic) bond motifs is 1. The second kappa shape index (κ2) is 12.0. The lowest BCUT2D eigenvalue weighted by atomic mass is 9.76. The summed E-state index contributed by atoms with van der Waals surface area (Å²) in [5, 5.41) is 11.2. The van der Waals surface area contributed by atoms with E-state index in [1.54, 1.807) is 13.1 Å². The monoisotopic (exact) mass is 463 g/mol. The number of rotatable bonds is 10. The van der Waals surface area contributed by atoms with Gasteiger partial charge < -0.3 is 14.7 Å². The molecule has 4 atom stereocenters. The van der Waals surface area contributed by atoms with Gasteiger partial charge in [-0.3, -0.25) is 19.4 Å². The van der Waals surface area contributed by atoms with Gasteiger partial charge in [-0.05, 0) is 31.2 Å². The molecule has 1 aliphatic heterocycles. The molecule has 3 N–H and O–H groups in total. The van der Waals surface area contributed by atoms with Crippen LogP contribution in [0.1, 0.15) is 45.7 Å². The first kappa shape index (κ1) is 26.6. The number of nitrogens with zero attached hydrogens (tertiary/aromatic N) is 2. The van der Waals surface area contributed by atoms with Gasteiger partial charge in [-0.2, -0.15) is 0 Å². The molecular weight excluding hydrogens is 429 g/mol. The standard InChI is InChI=1S/C21H26FN3O5.C3H8/c1-13-21(30-23,9-7-16-15-6-4-3-5-14(15)8-10-24-16)20(28)25(13)17(11-19(26)27)18(12-22)29-2;1-3-2/h3-6,8,10,13,17-18H,7,9,11-12,23H2,1-2H3,(H,26,27);3H2,1-2H3/t13?,17-,18?,21?;/m0./s1. The van der Waals surface area contributed by atoms with Gasteiger partial charge in [0.05, 0.1) is 18.5 Å². The fourth-order valence-electron chi connectivity index (χ4n) is 4.29. The quantitative estimate of drug-likeness (QED) is 0.410. The van der Waals surface area contributed by atoms with Gasteiger partial charge in [0.25, 0.3) is 5.91 Å². The summed E-state index contributed by atoms with van der Waals surface area (Å²) in [6, 6.07) is 8.18. The van der Waals surface area contributed by atoms with E-state index in [4.69, 9.17) is 15.5 Å². The van der Waals surface area contributed by atoms with Crippen molar-refractivity contribution in [1.82, 2.24) is 9.88 Å². The summed E-state index contributed by atoms with van der Waals surface area (Å²) < 4.78 is 18.5. The minimum absolute atomic E-state index is 0.258. The average Bonchev–Trinajstić information content (AvgIpc) is 2.81. The van der Waals surface area contributed by atoms with Crippen molar-refractivity contribution >= 4 is 22.6 Å². The average molecular weight is 464 g/mol. The number of likely N-dealkylation sites (tertiary alicyclic amines) is 1. The molecule has 3 unspecified atom stereocenters. The molecule has 1 aromatic heterocycles. The Morgan fingerprint density at radius 3 is 2.55 bits per heavy atom. The van der Waals surface area contributed by atoms with Crippen molar-refractivity contribution in [3.8, 4) is 0 Å². The van der Waals surface area contributed by atoms with Crippen molar-refractivity contribution in [3.05, 3.63) is 42.2 Å². The first-order valence-corrected chi connectivity index (χ1v) is 11.1. The van der Waals surface area contributed by atoms with Gasteiger partial charge in [0.2, 0.25) is 0 Å². The number of nitrogens with two attached hydrogens (primary N) is 1. The number of carboxylic acid groups (broad SMARTS) is 1. The lowest BCUT2D eigenvalue weighted by molar-refractivity contribution is -0.218. The smallest absolute Gasteiger partial charge is 0.305 e. The van der Waals surface area contributed by atoms with Crippen LogP contribution >= 0.6 is 0 Å². The van der Waals surface area contributed by atoms with Crippen LogP contribution in [-0.2, 0) is 25.6 Å². The maximum Gasteiger partial charge on any atom is 0.305 e. The molecule has 0 spiro atoms. The Balaban J connectivity index is 0.00000122. The summed E-state index contributed by atoms with van der Waals surface area (Å²) in [6.45, 7) is 5.05. The van der Waals surface area contributed by atoms with E-state index in [0.717, 1.165) is 16.5 Å². The van der Waals surface area contributed by atoms with E-state index < -0.39 is 48.8 Å². The third-order valence-corrected chi connectivity index (χ3v) is 6.01. The molecule has 0 bridgehead atoms. The highest BCUT2D eigenvalue weighted by Gasteiger charge is 2.62. The number of alkyl halides is 1. The number of methoxy groups -OCH3 is 1. The lowest BCUT2D eigenvalue weighted by Crippen LogP contribution is -2.78. The predicted molar refractivity (Wildman–Crippen MR) is 123 cm³/mol. The number of pyridine rings is 1. The third-order valence-electron chi connectivity index (χ3n) is 6.01. The van der Waals surface area contributed by atoms with Crippen LogP contribution in [0.3, 0.4) is 0 Å². The number of aryl methyl sites for hydroxylation is 1. The van der Waals surface area contributed by atoms with Crippen LogP contribution in [0.5, 0.6) is 0 Å². The summed E-state index contributed by atoms with van der Waals surface area (Å²) in [7, 11) is 1.28. The summed E-state index contributed by atoms with van der Waals surface area (Å²) in [4.78, 5) is 35.3. The topological polar surface area (TPSA) is 115 Å². The Bertz CT molecular complexity index is 934. The minimum atomic E-state index is -1.33. The van der Waals surface area contributed by atoms with Gasteiger partial charge in [0.15, 0.2) is 5.60 Å². The van der Waals surface area contributed by atoms with Crippen LogP contribution in [0, 0.1) is 0 Å². The number of hydrogen-bond donors (Lipinski definition) is 2. The van der Waals surface area contributed by atoms with Crippen molar-refractivity contribution in [2.24, 2.45) is 5.90 Å². The molecule has 8 nitrogen and oxygen atoms in total. The zero-order valence-electron chi connectivity index (χ0n) is 19.7. The second-order valence-electron chi connectivity index (χ2n) is 8.18. The third kappa shape index (κ3) is 5.48. The molecule has 0 aliphatic carbocycles. The molecular formula is C24H34FN3O5. The fraction of sp³-hybridized carbons (Fsp3) is 0.542. The molecule has 1 aliphatic rings. The number of halogens is 1. The van der Waals surface area contributed by atoms with E-state index >= 15 is 0 Å². The SMILES string of the molecule is CCC.COC(CF)[C@H](CC(=O)O)N1C(=O)C(CCc2nccc3ccccc23)(ON)C1C. The number of aromatic nitrogens is 1. The molecule has 1 amide bonds. The Kier molecular flexibility index (Phi) is 9.70. The van der Waals surface area contributed by atoms with E-state index in [0.29, 0.717) is 6.42 Å². The molecule has 1 aromatic carbocycles. The number of β-lactam (4-membered cyclic amide) rings is 1. The number of ether oxygens (including phenoxy) is 1. The number of aliphatic carboxylic acids is 1. The zero-order chi connectivity index (χ0) is 24.6. The summed E-state index contributed by atoms with van der Waals surface area (Å²) in [5.41, 5.74) is -0.521. The molecule has 0 saturated carbocycles. The van der Waals surface area contributed by atoms with Gasteiger partial charge in [-0.1, -0.05) is 44.5 Å². The molecule has 2 heterocycles. The number of hydrogen-bond acceptors (Lipinski definition) is 6. The maximum atomic E-state index is 13.4. The van der Waals surface area contributed by atoms with E-state index in [9.17, 15) is 19.1 Å². The summed E-state index contributed by atoms with van der Waals surface area (Å²) in [5.74, 6) is 3.92. The van der Waals surface area contributed by atoms with Crippen LogP contribution in [0.25, 0.3) is 10.8 Å². The Morgan fingerprint density at radius 2 is 2.00 bits per heavy atom. The van der Waals surface area contributed by atoms with Crippen molar-refractivity contribution in [2.45, 2.75) is 70.2 Å². The number of carboxylic acids is 1. The molecule has 1 fully saturated rings. The number of carbonyl (C=O) groups is 2. The van der Waals surface area contributed by atoms with Crippen LogP contribution in [0.2, 0.25) is 0 Å². The highest BCUT2D eigenvalue weighted by atomic mass is 19.1. The van der Waals surface area contributed by atoms with Crippen LogP contribution in [-0.4, -0.2) is 64.4 Å². The number of carbonyl (C=O) groups excluding carboxylic acids is 1.